The number of nitrogens with one attached hydrogen (secondary N) is 1. The lowest BCUT2D eigenvalue weighted by molar-refractivity contribution is 0.529. The molecule has 0 saturated heterocycles. The van der Waals surface area contributed by atoms with Crippen LogP contribution >= 0.6 is 0 Å². The van der Waals surface area contributed by atoms with Crippen molar-refractivity contribution in [3.05, 3.63) is 11.4 Å². The molecule has 20 heavy (non-hydrogen) atoms. The van der Waals surface area contributed by atoms with Crippen molar-refractivity contribution in [1.82, 2.24) is 15.2 Å². The molecule has 1 rings (SSSR count). The van der Waals surface area contributed by atoms with Gasteiger partial charge in [0.25, 0.3) is 0 Å². The van der Waals surface area contributed by atoms with Gasteiger partial charge in [0.15, 0.2) is 0 Å². The van der Waals surface area contributed by atoms with Crippen LogP contribution in [-0.4, -0.2) is 41.1 Å². The molecule has 0 aliphatic heterocycles. The minimum Gasteiger partial charge on any atom is -0.348 e. The summed E-state index contributed by atoms with van der Waals surface area (Å²) in [6.07, 6.45) is 3.34. The minimum atomic E-state index is -2.97. The van der Waals surface area contributed by atoms with E-state index in [0.29, 0.717) is 12.4 Å². The smallest absolute Gasteiger partial charge is 0.243 e. The summed E-state index contributed by atoms with van der Waals surface area (Å²) in [4.78, 5) is 4.46. The van der Waals surface area contributed by atoms with E-state index in [4.69, 9.17) is 0 Å². The summed E-state index contributed by atoms with van der Waals surface area (Å²) >= 11 is 0. The molecule has 0 amide bonds. The molecule has 1 aromatic heterocycles. The third-order valence-corrected chi connectivity index (χ3v) is 4.00. The van der Waals surface area contributed by atoms with Crippen molar-refractivity contribution in [3.63, 3.8) is 0 Å². The van der Waals surface area contributed by atoms with Crippen LogP contribution in [0.15, 0.2) is 0 Å². The van der Waals surface area contributed by atoms with Crippen LogP contribution in [0.5, 0.6) is 0 Å². The summed E-state index contributed by atoms with van der Waals surface area (Å²) in [5, 5.41) is 11.4. The third-order valence-electron chi connectivity index (χ3n) is 3.06. The normalized spacial score (nSPS) is 12.4. The van der Waals surface area contributed by atoms with Crippen LogP contribution in [-0.2, 0) is 22.7 Å². The Bertz CT molecular complexity index is 555. The van der Waals surface area contributed by atoms with Crippen LogP contribution in [0.25, 0.3) is 0 Å². The Labute approximate surface area is 121 Å². The molecule has 0 atom stereocenters. The molecular weight excluding hydrogens is 276 g/mol. The predicted octanol–water partition coefficient (Wildman–Crippen LogP) is 1.62. The van der Waals surface area contributed by atoms with Crippen molar-refractivity contribution in [2.45, 2.75) is 52.5 Å². The van der Waals surface area contributed by atoms with Gasteiger partial charge in [0.1, 0.15) is 9.84 Å². The molecular formula is C13H24N4O2S. The average molecular weight is 300 g/mol. The molecule has 114 valence electrons. The van der Waals surface area contributed by atoms with E-state index in [9.17, 15) is 8.42 Å². The molecule has 0 unspecified atom stereocenters. The van der Waals surface area contributed by atoms with E-state index in [1.807, 2.05) is 27.7 Å². The van der Waals surface area contributed by atoms with Crippen LogP contribution in [0, 0.1) is 0 Å². The number of aryl methyl sites for hydroxylation is 2. The zero-order chi connectivity index (χ0) is 15.4. The molecule has 0 saturated carbocycles. The van der Waals surface area contributed by atoms with Gasteiger partial charge >= 0.3 is 0 Å². The summed E-state index contributed by atoms with van der Waals surface area (Å²) < 4.78 is 22.5. The first kappa shape index (κ1) is 16.8. The van der Waals surface area contributed by atoms with Gasteiger partial charge in [-0.15, -0.1) is 5.10 Å². The van der Waals surface area contributed by atoms with Crippen LogP contribution in [0.4, 0.5) is 5.95 Å². The van der Waals surface area contributed by atoms with Crippen LogP contribution in [0.2, 0.25) is 0 Å². The maximum atomic E-state index is 11.2. The first-order valence-electron chi connectivity index (χ1n) is 6.85. The van der Waals surface area contributed by atoms with Crippen molar-refractivity contribution >= 4 is 15.8 Å². The second kappa shape index (κ2) is 6.47. The van der Waals surface area contributed by atoms with Gasteiger partial charge in [-0.1, -0.05) is 13.8 Å². The standard InChI is InChI=1S/C13H24N4O2S/c1-6-10-11(7-2)16-17-12(14-10)15-13(3,4)8-9-20(5,18)19/h6-9H2,1-5H3,(H,14,15,17). The first-order valence-corrected chi connectivity index (χ1v) is 8.91. The van der Waals surface area contributed by atoms with Crippen molar-refractivity contribution in [2.75, 3.05) is 17.3 Å². The van der Waals surface area contributed by atoms with Gasteiger partial charge in [-0.05, 0) is 33.1 Å². The SMILES string of the molecule is CCc1nnc(NC(C)(C)CCS(C)(=O)=O)nc1CC. The fraction of sp³-hybridized carbons (Fsp3) is 0.769. The van der Waals surface area contributed by atoms with Crippen molar-refractivity contribution < 1.29 is 8.42 Å². The van der Waals surface area contributed by atoms with Gasteiger partial charge in [0.2, 0.25) is 5.95 Å². The number of anilines is 1. The monoisotopic (exact) mass is 300 g/mol. The highest BCUT2D eigenvalue weighted by Gasteiger charge is 2.21. The maximum absolute atomic E-state index is 11.2. The molecule has 6 nitrogen and oxygen atoms in total. The van der Waals surface area contributed by atoms with Crippen molar-refractivity contribution in [3.8, 4) is 0 Å². The Morgan fingerprint density at radius 3 is 2.20 bits per heavy atom. The summed E-state index contributed by atoms with van der Waals surface area (Å²) in [5.74, 6) is 0.589. The number of rotatable bonds is 7. The maximum Gasteiger partial charge on any atom is 0.243 e. The quantitative estimate of drug-likeness (QED) is 0.823. The number of hydrogen-bond donors (Lipinski definition) is 1. The van der Waals surface area contributed by atoms with E-state index < -0.39 is 15.4 Å². The van der Waals surface area contributed by atoms with Gasteiger partial charge in [0, 0.05) is 11.8 Å². The fourth-order valence-electron chi connectivity index (χ4n) is 1.80. The van der Waals surface area contributed by atoms with E-state index in [1.165, 1.54) is 6.26 Å². The highest BCUT2D eigenvalue weighted by molar-refractivity contribution is 7.90. The summed E-state index contributed by atoms with van der Waals surface area (Å²) in [7, 11) is -2.97. The van der Waals surface area contributed by atoms with Crippen LogP contribution in [0.1, 0.15) is 45.5 Å². The van der Waals surface area contributed by atoms with Crippen molar-refractivity contribution in [2.24, 2.45) is 0 Å². The van der Waals surface area contributed by atoms with Crippen LogP contribution in [0.3, 0.4) is 0 Å². The van der Waals surface area contributed by atoms with Gasteiger partial charge in [-0.3, -0.25) is 0 Å². The molecule has 0 spiro atoms. The Hall–Kier alpha value is -1.24. The lowest BCUT2D eigenvalue weighted by Gasteiger charge is -2.26. The number of hydrogen-bond acceptors (Lipinski definition) is 6. The minimum absolute atomic E-state index is 0.133. The lowest BCUT2D eigenvalue weighted by atomic mass is 10.0. The predicted molar refractivity (Wildman–Crippen MR) is 80.6 cm³/mol. The van der Waals surface area contributed by atoms with Gasteiger partial charge in [0.05, 0.1) is 17.1 Å². The van der Waals surface area contributed by atoms with Gasteiger partial charge in [-0.25, -0.2) is 13.4 Å². The zero-order valence-electron chi connectivity index (χ0n) is 12.9. The van der Waals surface area contributed by atoms with Crippen molar-refractivity contribution in [1.29, 1.82) is 0 Å². The average Bonchev–Trinajstić information content (AvgIpc) is 2.35. The number of aromatic nitrogens is 3. The van der Waals surface area contributed by atoms with Gasteiger partial charge < -0.3 is 5.32 Å². The topological polar surface area (TPSA) is 84.8 Å². The van der Waals surface area contributed by atoms with Gasteiger partial charge in [-0.2, -0.15) is 5.10 Å². The molecule has 1 heterocycles. The molecule has 0 aliphatic carbocycles. The van der Waals surface area contributed by atoms with E-state index in [1.54, 1.807) is 0 Å². The molecule has 0 aromatic carbocycles. The Morgan fingerprint density at radius 1 is 1.10 bits per heavy atom. The summed E-state index contributed by atoms with van der Waals surface area (Å²) in [5.41, 5.74) is 1.44. The second-order valence-corrected chi connectivity index (χ2v) is 7.88. The van der Waals surface area contributed by atoms with E-state index >= 15 is 0 Å². The number of nitrogens with zero attached hydrogens (tertiary/aromatic N) is 3. The Balaban J connectivity index is 2.81. The van der Waals surface area contributed by atoms with E-state index in [-0.39, 0.29) is 5.75 Å². The molecule has 1 aromatic rings. The van der Waals surface area contributed by atoms with Crippen LogP contribution < -0.4 is 5.32 Å². The molecule has 0 aliphatic rings. The molecule has 7 heteroatoms. The Kier molecular flexibility index (Phi) is 5.44. The van der Waals surface area contributed by atoms with E-state index in [0.717, 1.165) is 24.2 Å². The lowest BCUT2D eigenvalue weighted by Crippen LogP contribution is -2.34. The third kappa shape index (κ3) is 5.40. The molecule has 0 radical (unpaired) electrons. The number of sulfone groups is 1. The first-order chi connectivity index (χ1) is 9.17. The highest BCUT2D eigenvalue weighted by atomic mass is 32.2. The Morgan fingerprint density at radius 2 is 1.70 bits per heavy atom. The molecule has 0 bridgehead atoms. The summed E-state index contributed by atoms with van der Waals surface area (Å²) in [6, 6.07) is 0. The highest BCUT2D eigenvalue weighted by Crippen LogP contribution is 2.16. The molecule has 1 N–H and O–H groups in total. The second-order valence-electron chi connectivity index (χ2n) is 5.62. The summed E-state index contributed by atoms with van der Waals surface area (Å²) in [6.45, 7) is 7.91. The largest absolute Gasteiger partial charge is 0.348 e. The fourth-order valence-corrected chi connectivity index (χ4v) is 2.68. The van der Waals surface area contributed by atoms with E-state index in [2.05, 4.69) is 20.5 Å². The zero-order valence-corrected chi connectivity index (χ0v) is 13.7. The molecule has 0 fully saturated rings.